The van der Waals surface area contributed by atoms with E-state index in [0.717, 1.165) is 6.54 Å². The maximum atomic E-state index is 11.8. The van der Waals surface area contributed by atoms with E-state index < -0.39 is 10.0 Å². The zero-order valence-electron chi connectivity index (χ0n) is 9.01. The molecule has 0 radical (unpaired) electrons. The van der Waals surface area contributed by atoms with Crippen molar-refractivity contribution in [2.24, 2.45) is 10.3 Å². The number of fused-ring (bicyclic) bond motifs is 1. The van der Waals surface area contributed by atoms with Crippen molar-refractivity contribution in [3.63, 3.8) is 0 Å². The summed E-state index contributed by atoms with van der Waals surface area (Å²) in [5, 5.41) is 0.413. The van der Waals surface area contributed by atoms with Gasteiger partial charge in [0.15, 0.2) is 0 Å². The number of nitrogens with zero attached hydrogens (tertiary/aromatic N) is 2. The molecule has 6 heteroatoms. The van der Waals surface area contributed by atoms with E-state index in [1.54, 1.807) is 12.1 Å². The molecule has 0 amide bonds. The Morgan fingerprint density at radius 1 is 1.41 bits per heavy atom. The van der Waals surface area contributed by atoms with E-state index in [-0.39, 0.29) is 4.90 Å². The molecule has 4 nitrogen and oxygen atoms in total. The summed E-state index contributed by atoms with van der Waals surface area (Å²) in [4.78, 5) is 2.10. The zero-order valence-corrected chi connectivity index (χ0v) is 10.6. The van der Waals surface area contributed by atoms with Gasteiger partial charge in [0, 0.05) is 11.6 Å². The van der Waals surface area contributed by atoms with Gasteiger partial charge in [0.25, 0.3) is 10.0 Å². The third-order valence-electron chi connectivity index (χ3n) is 2.99. The highest BCUT2D eigenvalue weighted by atomic mass is 35.5. The molecule has 0 bridgehead atoms. The van der Waals surface area contributed by atoms with E-state index >= 15 is 0 Å². The lowest BCUT2D eigenvalue weighted by atomic mass is 10.2. The van der Waals surface area contributed by atoms with Gasteiger partial charge in [-0.1, -0.05) is 11.6 Å². The van der Waals surface area contributed by atoms with Gasteiger partial charge in [-0.3, -0.25) is 0 Å². The highest BCUT2D eigenvalue weighted by Crippen LogP contribution is 2.36. The summed E-state index contributed by atoms with van der Waals surface area (Å²) < 4.78 is 27.2. The van der Waals surface area contributed by atoms with Crippen molar-refractivity contribution in [2.45, 2.75) is 17.7 Å². The van der Waals surface area contributed by atoms with Crippen LogP contribution in [0.2, 0.25) is 5.02 Å². The second-order valence-corrected chi connectivity index (χ2v) is 6.44. The largest absolute Gasteiger partial charge is 0.330 e. The maximum Gasteiger partial charge on any atom is 0.285 e. The van der Waals surface area contributed by atoms with E-state index in [2.05, 4.69) is 4.40 Å². The van der Waals surface area contributed by atoms with Gasteiger partial charge in [-0.15, -0.1) is 4.40 Å². The van der Waals surface area contributed by atoms with Gasteiger partial charge in [0.05, 0.1) is 5.69 Å². The lowest BCUT2D eigenvalue weighted by Crippen LogP contribution is -2.29. The Bertz CT molecular complexity index is 593. The van der Waals surface area contributed by atoms with Gasteiger partial charge in [0.1, 0.15) is 11.2 Å². The van der Waals surface area contributed by atoms with Gasteiger partial charge >= 0.3 is 0 Å². The van der Waals surface area contributed by atoms with Crippen molar-refractivity contribution < 1.29 is 8.42 Å². The molecule has 1 heterocycles. The topological polar surface area (TPSA) is 49.7 Å². The van der Waals surface area contributed by atoms with Crippen LogP contribution in [0.1, 0.15) is 12.8 Å². The monoisotopic (exact) mass is 270 g/mol. The average molecular weight is 271 g/mol. The fourth-order valence-electron chi connectivity index (χ4n) is 1.89. The van der Waals surface area contributed by atoms with E-state index in [0.29, 0.717) is 16.6 Å². The predicted molar refractivity (Wildman–Crippen MR) is 67.2 cm³/mol. The highest BCUT2D eigenvalue weighted by Gasteiger charge is 2.30. The Labute approximate surface area is 105 Å². The first-order valence-electron chi connectivity index (χ1n) is 5.43. The average Bonchev–Trinajstić information content (AvgIpc) is 3.07. The summed E-state index contributed by atoms with van der Waals surface area (Å²) in [6.07, 6.45) is 3.82. The van der Waals surface area contributed by atoms with Crippen LogP contribution < -0.4 is 4.90 Å². The van der Waals surface area contributed by atoms with E-state index in [1.807, 2.05) is 4.90 Å². The fourth-order valence-corrected chi connectivity index (χ4v) is 3.21. The molecule has 0 spiro atoms. The summed E-state index contributed by atoms with van der Waals surface area (Å²) in [6.45, 7) is 0.827. The number of sulfonamides is 1. The van der Waals surface area contributed by atoms with Crippen LogP contribution in [0, 0.1) is 5.92 Å². The molecular formula is C11H11ClN2O2S. The Kier molecular flexibility index (Phi) is 2.41. The van der Waals surface area contributed by atoms with Gasteiger partial charge in [-0.2, -0.15) is 8.42 Å². The van der Waals surface area contributed by atoms with Crippen molar-refractivity contribution in [2.75, 3.05) is 11.4 Å². The van der Waals surface area contributed by atoms with Crippen LogP contribution in [0.15, 0.2) is 27.5 Å². The van der Waals surface area contributed by atoms with Crippen LogP contribution in [0.5, 0.6) is 0 Å². The van der Waals surface area contributed by atoms with E-state index in [4.69, 9.17) is 11.6 Å². The SMILES string of the molecule is O=S1(=O)N=CN(CC2CC2)c2ccc(Cl)cc21. The summed E-state index contributed by atoms with van der Waals surface area (Å²) in [6, 6.07) is 4.90. The minimum atomic E-state index is -3.57. The number of hydrogen-bond donors (Lipinski definition) is 0. The minimum absolute atomic E-state index is 0.202. The molecule has 90 valence electrons. The summed E-state index contributed by atoms with van der Waals surface area (Å²) in [5.41, 5.74) is 0.677. The van der Waals surface area contributed by atoms with Crippen LogP contribution in [0.3, 0.4) is 0 Å². The number of anilines is 1. The number of rotatable bonds is 2. The highest BCUT2D eigenvalue weighted by molar-refractivity contribution is 7.90. The van der Waals surface area contributed by atoms with Crippen LogP contribution >= 0.6 is 11.6 Å². The first kappa shape index (κ1) is 11.0. The Morgan fingerprint density at radius 3 is 2.88 bits per heavy atom. The molecule has 1 aliphatic carbocycles. The summed E-state index contributed by atoms with van der Waals surface area (Å²) >= 11 is 5.83. The molecule has 0 N–H and O–H groups in total. The Balaban J connectivity index is 2.08. The molecule has 0 saturated heterocycles. The molecule has 1 aromatic rings. The number of halogens is 1. The molecule has 2 aliphatic rings. The molecule has 0 unspecified atom stereocenters. The molecule has 1 aliphatic heterocycles. The lowest BCUT2D eigenvalue weighted by molar-refractivity contribution is 0.597. The minimum Gasteiger partial charge on any atom is -0.330 e. The fraction of sp³-hybridized carbons (Fsp3) is 0.364. The molecule has 0 atom stereocenters. The molecule has 1 fully saturated rings. The molecule has 1 aromatic carbocycles. The van der Waals surface area contributed by atoms with Crippen molar-refractivity contribution in [3.8, 4) is 0 Å². The first-order chi connectivity index (χ1) is 8.06. The first-order valence-corrected chi connectivity index (χ1v) is 7.25. The number of benzene rings is 1. The Hall–Kier alpha value is -1.07. The molecule has 17 heavy (non-hydrogen) atoms. The third-order valence-corrected chi connectivity index (χ3v) is 4.48. The van der Waals surface area contributed by atoms with Crippen molar-refractivity contribution in [3.05, 3.63) is 23.2 Å². The Morgan fingerprint density at radius 2 is 2.18 bits per heavy atom. The number of hydrogen-bond acceptors (Lipinski definition) is 3. The second-order valence-electron chi connectivity index (χ2n) is 4.40. The van der Waals surface area contributed by atoms with Gasteiger partial charge in [-0.05, 0) is 37.0 Å². The normalized spacial score (nSPS) is 21.4. The molecule has 3 rings (SSSR count). The maximum absolute atomic E-state index is 11.8. The van der Waals surface area contributed by atoms with Crippen LogP contribution in [0.4, 0.5) is 5.69 Å². The smallest absolute Gasteiger partial charge is 0.285 e. The van der Waals surface area contributed by atoms with Gasteiger partial charge < -0.3 is 4.90 Å². The zero-order chi connectivity index (χ0) is 12.0. The second kappa shape index (κ2) is 3.71. The summed E-state index contributed by atoms with van der Waals surface area (Å²) in [7, 11) is -3.57. The predicted octanol–water partition coefficient (Wildman–Crippen LogP) is 2.29. The van der Waals surface area contributed by atoms with Crippen LogP contribution in [0.25, 0.3) is 0 Å². The quantitative estimate of drug-likeness (QED) is 0.828. The lowest BCUT2D eigenvalue weighted by Gasteiger charge is -2.25. The van der Waals surface area contributed by atoms with Crippen molar-refractivity contribution in [1.82, 2.24) is 0 Å². The summed E-state index contributed by atoms with van der Waals surface area (Å²) in [5.74, 6) is 0.658. The molecular weight excluding hydrogens is 260 g/mol. The van der Waals surface area contributed by atoms with Crippen LogP contribution in [-0.4, -0.2) is 21.3 Å². The van der Waals surface area contributed by atoms with E-state index in [9.17, 15) is 8.42 Å². The van der Waals surface area contributed by atoms with Crippen LogP contribution in [-0.2, 0) is 10.0 Å². The molecule has 0 aromatic heterocycles. The van der Waals surface area contributed by atoms with Gasteiger partial charge in [-0.25, -0.2) is 0 Å². The third kappa shape index (κ3) is 2.05. The molecule has 1 saturated carbocycles. The van der Waals surface area contributed by atoms with Crippen molar-refractivity contribution in [1.29, 1.82) is 0 Å². The van der Waals surface area contributed by atoms with Gasteiger partial charge in [0.2, 0.25) is 0 Å². The standard InChI is InChI=1S/C11H11ClN2O2S/c12-9-3-4-10-11(5-9)17(15,16)13-7-14(10)6-8-1-2-8/h3-5,7-8H,1-2,6H2. The van der Waals surface area contributed by atoms with E-state index in [1.165, 1.54) is 25.2 Å². The van der Waals surface area contributed by atoms with Crippen molar-refractivity contribution >= 4 is 33.7 Å².